The third-order valence-corrected chi connectivity index (χ3v) is 3.56. The van der Waals surface area contributed by atoms with Crippen LogP contribution in [0.2, 0.25) is 0 Å². The Bertz CT molecular complexity index is 816. The van der Waals surface area contributed by atoms with Crippen LogP contribution in [0.4, 0.5) is 5.69 Å². The number of pyridine rings is 1. The van der Waals surface area contributed by atoms with Crippen LogP contribution in [0.3, 0.4) is 0 Å². The Morgan fingerprint density at radius 1 is 1.33 bits per heavy atom. The van der Waals surface area contributed by atoms with Crippen molar-refractivity contribution in [1.82, 2.24) is 15.2 Å². The zero-order chi connectivity index (χ0) is 14.8. The van der Waals surface area contributed by atoms with Crippen LogP contribution in [0.15, 0.2) is 39.4 Å². The minimum Gasteiger partial charge on any atom is -0.425 e. The predicted octanol–water partition coefficient (Wildman–Crippen LogP) is 2.87. The van der Waals surface area contributed by atoms with Crippen molar-refractivity contribution >= 4 is 38.4 Å². The van der Waals surface area contributed by atoms with Gasteiger partial charge in [0, 0.05) is 23.0 Å². The van der Waals surface area contributed by atoms with Crippen molar-refractivity contribution in [3.8, 4) is 0 Å². The molecule has 1 amide bonds. The lowest BCUT2D eigenvalue weighted by molar-refractivity contribution is -0.115. The number of nitrogens with one attached hydrogen (secondary N) is 1. The molecule has 21 heavy (non-hydrogen) atoms. The largest absolute Gasteiger partial charge is 0.425 e. The molecule has 0 unspecified atom stereocenters. The number of amides is 1. The van der Waals surface area contributed by atoms with Gasteiger partial charge in [0.05, 0.1) is 11.2 Å². The summed E-state index contributed by atoms with van der Waals surface area (Å²) in [5.74, 6) is 0.501. The molecule has 0 bridgehead atoms. The minimum absolute atomic E-state index is 0.0330. The molecule has 1 N–H and O–H groups in total. The van der Waals surface area contributed by atoms with Crippen molar-refractivity contribution in [2.75, 3.05) is 5.32 Å². The summed E-state index contributed by atoms with van der Waals surface area (Å²) >= 11 is 3.47. The molecule has 0 fully saturated rings. The number of aryl methyl sites for hydroxylation is 1. The number of fused-ring (bicyclic) bond motifs is 1. The molecule has 7 heteroatoms. The maximum Gasteiger partial charge on any atom is 0.233 e. The Labute approximate surface area is 128 Å². The van der Waals surface area contributed by atoms with Crippen LogP contribution in [0.25, 0.3) is 10.9 Å². The number of anilines is 1. The van der Waals surface area contributed by atoms with E-state index in [4.69, 9.17) is 4.42 Å². The lowest BCUT2D eigenvalue weighted by atomic mass is 10.2. The Morgan fingerprint density at radius 2 is 2.19 bits per heavy atom. The van der Waals surface area contributed by atoms with E-state index in [1.54, 1.807) is 19.2 Å². The number of aromatic nitrogens is 3. The molecule has 0 spiro atoms. The van der Waals surface area contributed by atoms with Crippen LogP contribution in [0, 0.1) is 6.92 Å². The van der Waals surface area contributed by atoms with Crippen molar-refractivity contribution in [2.24, 2.45) is 0 Å². The van der Waals surface area contributed by atoms with Crippen molar-refractivity contribution < 1.29 is 9.21 Å². The highest BCUT2D eigenvalue weighted by Gasteiger charge is 2.12. The van der Waals surface area contributed by atoms with Gasteiger partial charge in [-0.3, -0.25) is 9.78 Å². The molecule has 3 aromatic rings. The van der Waals surface area contributed by atoms with E-state index >= 15 is 0 Å². The standard InChI is InChI=1S/C14H11BrN4O2/c1-8-18-19-13(21-8)7-12(20)17-11-5-4-10(15)9-3-2-6-16-14(9)11/h2-6H,7H2,1H3,(H,17,20). The number of benzene rings is 1. The second kappa shape index (κ2) is 5.61. The van der Waals surface area contributed by atoms with Gasteiger partial charge in [0.2, 0.25) is 17.7 Å². The van der Waals surface area contributed by atoms with E-state index in [0.717, 1.165) is 15.4 Å². The van der Waals surface area contributed by atoms with Crippen LogP contribution in [0.1, 0.15) is 11.8 Å². The Kier molecular flexibility index (Phi) is 3.66. The summed E-state index contributed by atoms with van der Waals surface area (Å²) in [4.78, 5) is 16.4. The van der Waals surface area contributed by atoms with Crippen LogP contribution in [-0.4, -0.2) is 21.1 Å². The topological polar surface area (TPSA) is 80.9 Å². The summed E-state index contributed by atoms with van der Waals surface area (Å²) in [7, 11) is 0. The highest BCUT2D eigenvalue weighted by atomic mass is 79.9. The van der Waals surface area contributed by atoms with Gasteiger partial charge in [0.15, 0.2) is 0 Å². The molecule has 0 saturated carbocycles. The number of hydrogen-bond acceptors (Lipinski definition) is 5. The number of carbonyl (C=O) groups excluding carboxylic acids is 1. The summed E-state index contributed by atoms with van der Waals surface area (Å²) in [5.41, 5.74) is 1.37. The first-order chi connectivity index (χ1) is 10.1. The zero-order valence-electron chi connectivity index (χ0n) is 11.1. The van der Waals surface area contributed by atoms with E-state index in [9.17, 15) is 4.79 Å². The fourth-order valence-corrected chi connectivity index (χ4v) is 2.43. The molecule has 106 valence electrons. The van der Waals surface area contributed by atoms with Gasteiger partial charge in [-0.15, -0.1) is 10.2 Å². The van der Waals surface area contributed by atoms with Crippen molar-refractivity contribution in [3.05, 3.63) is 46.7 Å². The number of nitrogens with zero attached hydrogens (tertiary/aromatic N) is 3. The molecule has 6 nitrogen and oxygen atoms in total. The predicted molar refractivity (Wildman–Crippen MR) is 80.8 cm³/mol. The van der Waals surface area contributed by atoms with Gasteiger partial charge in [-0.1, -0.05) is 22.0 Å². The lowest BCUT2D eigenvalue weighted by Gasteiger charge is -2.08. The maximum absolute atomic E-state index is 12.0. The van der Waals surface area contributed by atoms with Gasteiger partial charge < -0.3 is 9.73 Å². The first-order valence-electron chi connectivity index (χ1n) is 6.25. The second-order valence-corrected chi connectivity index (χ2v) is 5.29. The highest BCUT2D eigenvalue weighted by Crippen LogP contribution is 2.28. The van der Waals surface area contributed by atoms with E-state index in [1.165, 1.54) is 0 Å². The summed E-state index contributed by atoms with van der Waals surface area (Å²) in [5, 5.41) is 11.3. The van der Waals surface area contributed by atoms with E-state index in [1.807, 2.05) is 18.2 Å². The molecule has 0 aliphatic carbocycles. The third-order valence-electron chi connectivity index (χ3n) is 2.87. The molecule has 0 atom stereocenters. The molecule has 0 aliphatic rings. The molecule has 0 aliphatic heterocycles. The van der Waals surface area contributed by atoms with Gasteiger partial charge in [-0.2, -0.15) is 0 Å². The van der Waals surface area contributed by atoms with E-state index in [-0.39, 0.29) is 12.3 Å². The summed E-state index contributed by atoms with van der Waals surface area (Å²) in [6.07, 6.45) is 1.72. The lowest BCUT2D eigenvalue weighted by Crippen LogP contribution is -2.15. The van der Waals surface area contributed by atoms with Crippen molar-refractivity contribution in [2.45, 2.75) is 13.3 Å². The van der Waals surface area contributed by atoms with E-state index < -0.39 is 0 Å². The van der Waals surface area contributed by atoms with Gasteiger partial charge in [-0.05, 0) is 18.2 Å². The molecular formula is C14H11BrN4O2. The van der Waals surface area contributed by atoms with Crippen LogP contribution in [-0.2, 0) is 11.2 Å². The van der Waals surface area contributed by atoms with Crippen molar-refractivity contribution in [3.63, 3.8) is 0 Å². The van der Waals surface area contributed by atoms with Crippen LogP contribution >= 0.6 is 15.9 Å². The fourth-order valence-electron chi connectivity index (χ4n) is 1.98. The molecule has 2 aromatic heterocycles. The fraction of sp³-hybridized carbons (Fsp3) is 0.143. The Morgan fingerprint density at radius 3 is 2.95 bits per heavy atom. The summed E-state index contributed by atoms with van der Waals surface area (Å²) in [6.45, 7) is 1.68. The quantitative estimate of drug-likeness (QED) is 0.788. The molecular weight excluding hydrogens is 336 g/mol. The SMILES string of the molecule is Cc1nnc(CC(=O)Nc2ccc(Br)c3cccnc23)o1. The smallest absolute Gasteiger partial charge is 0.233 e. The molecule has 1 aromatic carbocycles. The maximum atomic E-state index is 12.0. The monoisotopic (exact) mass is 346 g/mol. The van der Waals surface area contributed by atoms with Gasteiger partial charge in [-0.25, -0.2) is 0 Å². The minimum atomic E-state index is -0.229. The molecule has 2 heterocycles. The second-order valence-electron chi connectivity index (χ2n) is 4.43. The highest BCUT2D eigenvalue weighted by molar-refractivity contribution is 9.10. The van der Waals surface area contributed by atoms with E-state index in [0.29, 0.717) is 17.5 Å². The number of halogens is 1. The zero-order valence-corrected chi connectivity index (χ0v) is 12.7. The number of carbonyl (C=O) groups is 1. The van der Waals surface area contributed by atoms with E-state index in [2.05, 4.69) is 36.4 Å². The summed E-state index contributed by atoms with van der Waals surface area (Å²) in [6, 6.07) is 7.45. The number of hydrogen-bond donors (Lipinski definition) is 1. The van der Waals surface area contributed by atoms with Gasteiger partial charge in [0.1, 0.15) is 6.42 Å². The molecule has 0 saturated heterocycles. The van der Waals surface area contributed by atoms with Crippen LogP contribution in [0.5, 0.6) is 0 Å². The first-order valence-corrected chi connectivity index (χ1v) is 7.05. The normalized spacial score (nSPS) is 10.8. The number of rotatable bonds is 3. The van der Waals surface area contributed by atoms with Crippen molar-refractivity contribution in [1.29, 1.82) is 0 Å². The first kappa shape index (κ1) is 13.7. The van der Waals surface area contributed by atoms with Crippen LogP contribution < -0.4 is 5.32 Å². The van der Waals surface area contributed by atoms with Gasteiger partial charge in [0.25, 0.3) is 0 Å². The summed E-state index contributed by atoms with van der Waals surface area (Å²) < 4.78 is 6.12. The van der Waals surface area contributed by atoms with Gasteiger partial charge >= 0.3 is 0 Å². The Balaban J connectivity index is 1.85. The molecule has 3 rings (SSSR count). The Hall–Kier alpha value is -2.28. The molecule has 0 radical (unpaired) electrons. The average Bonchev–Trinajstić information content (AvgIpc) is 2.87. The third kappa shape index (κ3) is 2.92. The average molecular weight is 347 g/mol.